The van der Waals surface area contributed by atoms with Crippen molar-refractivity contribution in [3.8, 4) is 0 Å². The molecular formula is C32H56. The van der Waals surface area contributed by atoms with Crippen molar-refractivity contribution >= 4 is 0 Å². The molecule has 0 spiro atoms. The minimum absolute atomic E-state index is 0.721. The van der Waals surface area contributed by atoms with Crippen LogP contribution >= 0.6 is 0 Å². The fourth-order valence-electron chi connectivity index (χ4n) is 7.47. The maximum atomic E-state index is 4.57. The van der Waals surface area contributed by atoms with Crippen LogP contribution in [-0.4, -0.2) is 0 Å². The summed E-state index contributed by atoms with van der Waals surface area (Å²) in [5.74, 6) is 5.73. The smallest absolute Gasteiger partial charge is 0.0109 e. The molecule has 3 rings (SSSR count). The Bertz CT molecular complexity index is 549. The van der Waals surface area contributed by atoms with E-state index in [1.807, 2.05) is 0 Å². The van der Waals surface area contributed by atoms with Gasteiger partial charge in [0.2, 0.25) is 0 Å². The molecule has 0 heteroatoms. The highest BCUT2D eigenvalue weighted by molar-refractivity contribution is 5.15. The van der Waals surface area contributed by atoms with Gasteiger partial charge in [-0.25, -0.2) is 0 Å². The minimum atomic E-state index is 0.721. The second-order valence-electron chi connectivity index (χ2n) is 12.5. The molecule has 2 atom stereocenters. The van der Waals surface area contributed by atoms with Gasteiger partial charge in [0, 0.05) is 0 Å². The SMILES string of the molecule is C=C(CC(=CC)C(C)CC(C)CCCC1CCCC1)CC1CCCC(C2CCC2)CCC1. The average Bonchev–Trinajstić information content (AvgIpc) is 3.21. The summed E-state index contributed by atoms with van der Waals surface area (Å²) in [6.45, 7) is 11.8. The van der Waals surface area contributed by atoms with Gasteiger partial charge in [-0.15, -0.1) is 0 Å². The van der Waals surface area contributed by atoms with Crippen molar-refractivity contribution < 1.29 is 0 Å². The van der Waals surface area contributed by atoms with Crippen LogP contribution in [0.4, 0.5) is 0 Å². The Hall–Kier alpha value is -0.520. The first kappa shape index (κ1) is 26.1. The third kappa shape index (κ3) is 8.68. The molecule has 0 radical (unpaired) electrons. The molecule has 0 saturated heterocycles. The lowest BCUT2D eigenvalue weighted by molar-refractivity contribution is 0.163. The fourth-order valence-corrected chi connectivity index (χ4v) is 7.47. The summed E-state index contributed by atoms with van der Waals surface area (Å²) in [7, 11) is 0. The standard InChI is InChI=1S/C32H56/c1-5-30(27(4)22-25(2)12-8-15-28-13-6-7-14-28)24-26(3)23-29-16-9-18-31(19-10-17-29)32-20-11-21-32/h5,25,27-29,31-32H,3,6-24H2,1-2,4H3. The van der Waals surface area contributed by atoms with Crippen molar-refractivity contribution in [2.24, 2.45) is 35.5 Å². The summed E-state index contributed by atoms with van der Waals surface area (Å²) in [6.07, 6.45) is 30.1. The van der Waals surface area contributed by atoms with Gasteiger partial charge in [0.05, 0.1) is 0 Å². The highest BCUT2D eigenvalue weighted by Gasteiger charge is 2.28. The number of rotatable bonds is 12. The molecule has 0 bridgehead atoms. The zero-order valence-electron chi connectivity index (χ0n) is 22.2. The van der Waals surface area contributed by atoms with Gasteiger partial charge in [-0.2, -0.15) is 0 Å². The van der Waals surface area contributed by atoms with E-state index in [1.165, 1.54) is 121 Å². The van der Waals surface area contributed by atoms with Crippen molar-refractivity contribution in [1.82, 2.24) is 0 Å². The molecule has 3 aliphatic rings. The average molecular weight is 441 g/mol. The first-order valence-electron chi connectivity index (χ1n) is 14.9. The Morgan fingerprint density at radius 3 is 1.94 bits per heavy atom. The van der Waals surface area contributed by atoms with Crippen LogP contribution in [0.2, 0.25) is 0 Å². The molecule has 3 saturated carbocycles. The fraction of sp³-hybridized carbons (Fsp3) is 0.875. The summed E-state index contributed by atoms with van der Waals surface area (Å²) < 4.78 is 0. The van der Waals surface area contributed by atoms with Gasteiger partial charge < -0.3 is 0 Å². The Morgan fingerprint density at radius 1 is 0.812 bits per heavy atom. The lowest BCUT2D eigenvalue weighted by atomic mass is 9.70. The van der Waals surface area contributed by atoms with Crippen molar-refractivity contribution in [2.45, 2.75) is 143 Å². The van der Waals surface area contributed by atoms with Crippen LogP contribution in [0.25, 0.3) is 0 Å². The Balaban J connectivity index is 1.33. The van der Waals surface area contributed by atoms with Gasteiger partial charge in [0.15, 0.2) is 0 Å². The largest absolute Gasteiger partial charge is 0.0995 e. The van der Waals surface area contributed by atoms with Crippen LogP contribution in [0.5, 0.6) is 0 Å². The summed E-state index contributed by atoms with van der Waals surface area (Å²) in [5, 5.41) is 0. The van der Waals surface area contributed by atoms with Gasteiger partial charge in [0.25, 0.3) is 0 Å². The highest BCUT2D eigenvalue weighted by atomic mass is 14.3. The van der Waals surface area contributed by atoms with E-state index in [0.717, 1.165) is 41.9 Å². The van der Waals surface area contributed by atoms with E-state index in [0.29, 0.717) is 0 Å². The van der Waals surface area contributed by atoms with Gasteiger partial charge in [-0.1, -0.05) is 140 Å². The van der Waals surface area contributed by atoms with Gasteiger partial charge in [-0.05, 0) is 61.7 Å². The highest BCUT2D eigenvalue weighted by Crippen LogP contribution is 2.41. The summed E-state index contributed by atoms with van der Waals surface area (Å²) in [6, 6.07) is 0. The third-order valence-electron chi connectivity index (χ3n) is 9.77. The maximum absolute atomic E-state index is 4.57. The molecule has 184 valence electrons. The van der Waals surface area contributed by atoms with Crippen molar-refractivity contribution in [3.05, 3.63) is 23.8 Å². The number of hydrogen-bond acceptors (Lipinski definition) is 0. The zero-order chi connectivity index (χ0) is 22.8. The Morgan fingerprint density at radius 2 is 1.38 bits per heavy atom. The second kappa shape index (κ2) is 14.0. The lowest BCUT2D eigenvalue weighted by Crippen LogP contribution is -2.23. The normalized spacial score (nSPS) is 28.0. The van der Waals surface area contributed by atoms with Crippen LogP contribution in [-0.2, 0) is 0 Å². The van der Waals surface area contributed by atoms with E-state index in [1.54, 1.807) is 5.57 Å². The van der Waals surface area contributed by atoms with Crippen molar-refractivity contribution in [2.75, 3.05) is 0 Å². The van der Waals surface area contributed by atoms with Crippen LogP contribution in [0.3, 0.4) is 0 Å². The van der Waals surface area contributed by atoms with Gasteiger partial charge in [-0.3, -0.25) is 0 Å². The minimum Gasteiger partial charge on any atom is -0.0995 e. The molecule has 0 aromatic rings. The Kier molecular flexibility index (Phi) is 11.4. The monoisotopic (exact) mass is 440 g/mol. The van der Waals surface area contributed by atoms with Crippen molar-refractivity contribution in [3.63, 3.8) is 0 Å². The zero-order valence-corrected chi connectivity index (χ0v) is 22.2. The molecule has 0 heterocycles. The molecule has 0 amide bonds. The maximum Gasteiger partial charge on any atom is -0.0109 e. The van der Waals surface area contributed by atoms with Crippen LogP contribution in [0.1, 0.15) is 143 Å². The summed E-state index contributed by atoms with van der Waals surface area (Å²) >= 11 is 0. The summed E-state index contributed by atoms with van der Waals surface area (Å²) in [4.78, 5) is 0. The number of hydrogen-bond donors (Lipinski definition) is 0. The van der Waals surface area contributed by atoms with E-state index < -0.39 is 0 Å². The molecule has 2 unspecified atom stereocenters. The first-order valence-corrected chi connectivity index (χ1v) is 14.9. The van der Waals surface area contributed by atoms with Crippen LogP contribution in [0.15, 0.2) is 23.8 Å². The van der Waals surface area contributed by atoms with Crippen LogP contribution < -0.4 is 0 Å². The molecule has 0 N–H and O–H groups in total. The molecule has 0 nitrogen and oxygen atoms in total. The van der Waals surface area contributed by atoms with E-state index in [-0.39, 0.29) is 0 Å². The van der Waals surface area contributed by atoms with E-state index in [4.69, 9.17) is 0 Å². The molecule has 0 aliphatic heterocycles. The molecule has 3 aliphatic carbocycles. The predicted octanol–water partition coefficient (Wildman–Crippen LogP) is 10.7. The molecule has 32 heavy (non-hydrogen) atoms. The van der Waals surface area contributed by atoms with Gasteiger partial charge in [0.1, 0.15) is 0 Å². The van der Waals surface area contributed by atoms with E-state index in [9.17, 15) is 0 Å². The number of allylic oxidation sites excluding steroid dienone is 3. The molecular weight excluding hydrogens is 384 g/mol. The third-order valence-corrected chi connectivity index (χ3v) is 9.77. The second-order valence-corrected chi connectivity index (χ2v) is 12.5. The van der Waals surface area contributed by atoms with Gasteiger partial charge >= 0.3 is 0 Å². The summed E-state index contributed by atoms with van der Waals surface area (Å²) in [5.41, 5.74) is 3.17. The Labute approximate surface area is 202 Å². The quantitative estimate of drug-likeness (QED) is 0.265. The topological polar surface area (TPSA) is 0 Å². The molecule has 0 aromatic heterocycles. The lowest BCUT2D eigenvalue weighted by Gasteiger charge is -2.36. The molecule has 0 aromatic carbocycles. The van der Waals surface area contributed by atoms with E-state index in [2.05, 4.69) is 33.4 Å². The molecule has 3 fully saturated rings. The first-order chi connectivity index (χ1) is 15.5. The van der Waals surface area contributed by atoms with E-state index >= 15 is 0 Å². The van der Waals surface area contributed by atoms with Crippen molar-refractivity contribution in [1.29, 1.82) is 0 Å². The predicted molar refractivity (Wildman–Crippen MR) is 143 cm³/mol. The van der Waals surface area contributed by atoms with Crippen LogP contribution in [0, 0.1) is 35.5 Å².